The summed E-state index contributed by atoms with van der Waals surface area (Å²) in [7, 11) is 1.85. The highest BCUT2D eigenvalue weighted by atomic mass is 35.5. The molecule has 35 heavy (non-hydrogen) atoms. The van der Waals surface area contributed by atoms with Crippen LogP contribution in [0.4, 0.5) is 4.39 Å². The molecule has 3 aromatic heterocycles. The normalized spacial score (nSPS) is 13.5. The van der Waals surface area contributed by atoms with E-state index >= 15 is 0 Å². The van der Waals surface area contributed by atoms with Crippen molar-refractivity contribution < 1.29 is 4.39 Å². The predicted molar refractivity (Wildman–Crippen MR) is 133 cm³/mol. The van der Waals surface area contributed by atoms with Crippen molar-refractivity contribution in [2.75, 3.05) is 6.54 Å². The third kappa shape index (κ3) is 3.26. The molecule has 0 unspecified atom stereocenters. The Morgan fingerprint density at radius 1 is 1.11 bits per heavy atom. The Morgan fingerprint density at radius 3 is 2.63 bits per heavy atom. The fourth-order valence-corrected chi connectivity index (χ4v) is 5.15. The number of halogens is 2. The zero-order valence-corrected chi connectivity index (χ0v) is 20.3. The number of aromatic nitrogens is 6. The van der Waals surface area contributed by atoms with Crippen LogP contribution in [0.1, 0.15) is 22.4 Å². The van der Waals surface area contributed by atoms with E-state index in [2.05, 4.69) is 10.4 Å². The fourth-order valence-electron chi connectivity index (χ4n) is 4.85. The van der Waals surface area contributed by atoms with Gasteiger partial charge in [0.25, 0.3) is 0 Å². The first-order valence-corrected chi connectivity index (χ1v) is 11.7. The van der Waals surface area contributed by atoms with Gasteiger partial charge < -0.3 is 5.32 Å². The molecule has 4 heterocycles. The minimum Gasteiger partial charge on any atom is -0.312 e. The van der Waals surface area contributed by atoms with Crippen LogP contribution in [-0.4, -0.2) is 35.2 Å². The molecule has 2 aromatic carbocycles. The van der Waals surface area contributed by atoms with E-state index in [9.17, 15) is 9.18 Å². The van der Waals surface area contributed by atoms with Gasteiger partial charge in [-0.3, -0.25) is 13.8 Å². The van der Waals surface area contributed by atoms with Crippen LogP contribution in [-0.2, 0) is 20.0 Å². The first-order valence-electron chi connectivity index (χ1n) is 11.3. The molecule has 0 amide bonds. The van der Waals surface area contributed by atoms with Crippen LogP contribution in [0.2, 0.25) is 5.02 Å². The van der Waals surface area contributed by atoms with Crippen LogP contribution in [0.25, 0.3) is 28.1 Å². The van der Waals surface area contributed by atoms with E-state index in [1.54, 1.807) is 58.5 Å². The molecule has 0 fully saturated rings. The van der Waals surface area contributed by atoms with Gasteiger partial charge in [0.1, 0.15) is 11.6 Å². The van der Waals surface area contributed by atoms with Crippen molar-refractivity contribution in [3.63, 3.8) is 0 Å². The Balaban J connectivity index is 1.57. The topological polar surface area (TPSA) is 74.6 Å². The maximum atomic E-state index is 14.4. The quantitative estimate of drug-likeness (QED) is 0.417. The number of aryl methyl sites for hydroxylation is 3. The summed E-state index contributed by atoms with van der Waals surface area (Å²) in [6.07, 6.45) is 5.86. The largest absolute Gasteiger partial charge is 0.338 e. The van der Waals surface area contributed by atoms with Crippen LogP contribution in [0.5, 0.6) is 0 Å². The number of imidazole rings is 1. The second-order valence-electron chi connectivity index (χ2n) is 8.90. The molecule has 0 radical (unpaired) electrons. The summed E-state index contributed by atoms with van der Waals surface area (Å²) in [5.74, 6) is 0.401. The standard InChI is InChI=1S/C25H23ClFN7O/c1-14-10-16(11-15(2)23(14)27)34-24(17-12-28-7-6-19(17)30-34)33-9-8-32(25(33)35)21-5-4-20-18(22(21)26)13-29-31(20)3/h4-5,8-11,13,28H,6-7,12H2,1-3H3. The van der Waals surface area contributed by atoms with E-state index in [0.29, 0.717) is 39.9 Å². The molecule has 1 N–H and O–H groups in total. The number of nitrogens with one attached hydrogen (secondary N) is 1. The lowest BCUT2D eigenvalue weighted by atomic mass is 10.1. The highest BCUT2D eigenvalue weighted by molar-refractivity contribution is 6.37. The molecular formula is C25H23ClFN7O. The van der Waals surface area contributed by atoms with E-state index in [-0.39, 0.29) is 11.5 Å². The number of hydrogen-bond donors (Lipinski definition) is 1. The Labute approximate surface area is 205 Å². The van der Waals surface area contributed by atoms with Gasteiger partial charge in [0.2, 0.25) is 0 Å². The van der Waals surface area contributed by atoms with E-state index in [4.69, 9.17) is 16.7 Å². The Hall–Kier alpha value is -3.69. The van der Waals surface area contributed by atoms with Crippen molar-refractivity contribution in [3.05, 3.63) is 86.6 Å². The van der Waals surface area contributed by atoms with Crippen LogP contribution in [0, 0.1) is 19.7 Å². The number of nitrogens with zero attached hydrogens (tertiary/aromatic N) is 6. The van der Waals surface area contributed by atoms with Gasteiger partial charge >= 0.3 is 5.69 Å². The highest BCUT2D eigenvalue weighted by Gasteiger charge is 2.25. The fraction of sp³-hybridized carbons (Fsp3) is 0.240. The molecule has 5 aromatic rings. The molecule has 0 saturated heterocycles. The van der Waals surface area contributed by atoms with Gasteiger partial charge in [0.15, 0.2) is 0 Å². The average Bonchev–Trinajstić information content (AvgIpc) is 3.53. The summed E-state index contributed by atoms with van der Waals surface area (Å²) in [6, 6.07) is 7.23. The number of benzene rings is 2. The summed E-state index contributed by atoms with van der Waals surface area (Å²) >= 11 is 6.70. The molecule has 0 aliphatic carbocycles. The molecule has 0 spiro atoms. The van der Waals surface area contributed by atoms with E-state index in [1.165, 1.54) is 4.57 Å². The second kappa shape index (κ2) is 7.93. The summed E-state index contributed by atoms with van der Waals surface area (Å²) in [5, 5.41) is 13.7. The molecular weight excluding hydrogens is 469 g/mol. The molecule has 8 nitrogen and oxygen atoms in total. The minimum absolute atomic E-state index is 0.238. The zero-order valence-electron chi connectivity index (χ0n) is 19.5. The summed E-state index contributed by atoms with van der Waals surface area (Å²) < 4.78 is 21.0. The van der Waals surface area contributed by atoms with Crippen molar-refractivity contribution in [1.29, 1.82) is 0 Å². The third-order valence-corrected chi connectivity index (χ3v) is 7.05. The van der Waals surface area contributed by atoms with Gasteiger partial charge in [0.05, 0.1) is 33.8 Å². The Kier molecular flexibility index (Phi) is 4.94. The Bertz CT molecular complexity index is 1670. The molecule has 10 heteroatoms. The summed E-state index contributed by atoms with van der Waals surface area (Å²) in [4.78, 5) is 13.7. The Morgan fingerprint density at radius 2 is 1.86 bits per heavy atom. The summed E-state index contributed by atoms with van der Waals surface area (Å²) in [5.41, 5.74) is 4.81. The van der Waals surface area contributed by atoms with Gasteiger partial charge in [-0.25, -0.2) is 13.9 Å². The predicted octanol–water partition coefficient (Wildman–Crippen LogP) is 3.76. The van der Waals surface area contributed by atoms with Gasteiger partial charge in [-0.15, -0.1) is 0 Å². The maximum Gasteiger partial charge on any atom is 0.338 e. The molecule has 0 bridgehead atoms. The number of rotatable bonds is 3. The van der Waals surface area contributed by atoms with E-state index in [0.717, 1.165) is 35.1 Å². The first-order chi connectivity index (χ1) is 16.8. The van der Waals surface area contributed by atoms with Crippen LogP contribution < -0.4 is 11.0 Å². The van der Waals surface area contributed by atoms with Gasteiger partial charge in [0, 0.05) is 49.9 Å². The van der Waals surface area contributed by atoms with Gasteiger partial charge in [-0.1, -0.05) is 11.6 Å². The van der Waals surface area contributed by atoms with Crippen LogP contribution in [0.15, 0.2) is 47.7 Å². The number of fused-ring (bicyclic) bond motifs is 2. The van der Waals surface area contributed by atoms with Crippen molar-refractivity contribution in [3.8, 4) is 17.2 Å². The van der Waals surface area contributed by atoms with Gasteiger partial charge in [-0.05, 0) is 49.2 Å². The van der Waals surface area contributed by atoms with Crippen LogP contribution in [0.3, 0.4) is 0 Å². The number of hydrogen-bond acceptors (Lipinski definition) is 4. The zero-order chi connectivity index (χ0) is 24.4. The molecule has 6 rings (SSSR count). The molecule has 0 saturated carbocycles. The lowest BCUT2D eigenvalue weighted by Gasteiger charge is -2.14. The van der Waals surface area contributed by atoms with Crippen molar-refractivity contribution in [1.82, 2.24) is 34.0 Å². The lowest BCUT2D eigenvalue weighted by Crippen LogP contribution is -2.27. The molecule has 1 aliphatic rings. The van der Waals surface area contributed by atoms with Crippen molar-refractivity contribution >= 4 is 22.5 Å². The molecule has 178 valence electrons. The first kappa shape index (κ1) is 21.8. The molecule has 0 atom stereocenters. The van der Waals surface area contributed by atoms with E-state index < -0.39 is 0 Å². The third-order valence-electron chi connectivity index (χ3n) is 6.66. The van der Waals surface area contributed by atoms with E-state index in [1.807, 2.05) is 19.2 Å². The average molecular weight is 492 g/mol. The minimum atomic E-state index is -0.278. The van der Waals surface area contributed by atoms with Gasteiger partial charge in [-0.2, -0.15) is 10.2 Å². The van der Waals surface area contributed by atoms with Crippen molar-refractivity contribution in [2.45, 2.75) is 26.8 Å². The summed E-state index contributed by atoms with van der Waals surface area (Å²) in [6.45, 7) is 4.86. The monoisotopic (exact) mass is 491 g/mol. The van der Waals surface area contributed by atoms with Crippen molar-refractivity contribution in [2.24, 2.45) is 7.05 Å². The molecule has 1 aliphatic heterocycles. The lowest BCUT2D eigenvalue weighted by molar-refractivity contribution is 0.608. The maximum absolute atomic E-state index is 14.4. The SMILES string of the molecule is Cc1cc(-n2nc3c(c2-n2ccn(-c4ccc5c(cnn5C)c4Cl)c2=O)CNCC3)cc(C)c1F. The second-order valence-corrected chi connectivity index (χ2v) is 9.28. The highest BCUT2D eigenvalue weighted by Crippen LogP contribution is 2.30. The van der Waals surface area contributed by atoms with Crippen LogP contribution >= 0.6 is 11.6 Å². The smallest absolute Gasteiger partial charge is 0.312 e.